The Morgan fingerprint density at radius 2 is 2.20 bits per heavy atom. The van der Waals surface area contributed by atoms with Crippen LogP contribution in [-0.2, 0) is 4.79 Å². The molecule has 1 amide bonds. The summed E-state index contributed by atoms with van der Waals surface area (Å²) in [5, 5.41) is 7.07. The zero-order valence-electron chi connectivity index (χ0n) is 12.3. The summed E-state index contributed by atoms with van der Waals surface area (Å²) in [6.07, 6.45) is 2.34. The Hall–Kier alpha value is -1.00. The Balaban J connectivity index is 1.76. The van der Waals surface area contributed by atoms with Crippen molar-refractivity contribution in [3.05, 3.63) is 35.4 Å². The maximum absolute atomic E-state index is 12.0. The predicted molar refractivity (Wildman–Crippen MR) is 86.1 cm³/mol. The fourth-order valence-electron chi connectivity index (χ4n) is 2.46. The van der Waals surface area contributed by atoms with Crippen molar-refractivity contribution < 1.29 is 4.79 Å². The Morgan fingerprint density at radius 1 is 1.45 bits per heavy atom. The second-order valence-corrected chi connectivity index (χ2v) is 6.75. The second kappa shape index (κ2) is 7.70. The topological polar surface area (TPSA) is 41.1 Å². The number of aryl methyl sites for hydroxylation is 1. The Kier molecular flexibility index (Phi) is 5.92. The molecule has 0 spiro atoms. The highest BCUT2D eigenvalue weighted by Crippen LogP contribution is 2.20. The highest BCUT2D eigenvalue weighted by atomic mass is 32.2. The molecule has 3 nitrogen and oxygen atoms in total. The van der Waals surface area contributed by atoms with E-state index in [0.29, 0.717) is 11.0 Å². The van der Waals surface area contributed by atoms with Crippen molar-refractivity contribution in [1.29, 1.82) is 0 Å². The van der Waals surface area contributed by atoms with E-state index in [1.165, 1.54) is 24.0 Å². The quantitative estimate of drug-likeness (QED) is 0.876. The van der Waals surface area contributed by atoms with Crippen LogP contribution < -0.4 is 10.6 Å². The van der Waals surface area contributed by atoms with E-state index in [0.717, 1.165) is 13.1 Å². The molecule has 1 aromatic rings. The molecule has 1 aliphatic heterocycles. The number of hydrogen-bond donors (Lipinski definition) is 2. The molecule has 1 aromatic carbocycles. The smallest absolute Gasteiger partial charge is 0.230 e. The first-order valence-corrected chi connectivity index (χ1v) is 8.38. The summed E-state index contributed by atoms with van der Waals surface area (Å²) in [5.74, 6) is 0.711. The molecule has 2 N–H and O–H groups in total. The number of amides is 1. The van der Waals surface area contributed by atoms with Crippen LogP contribution in [0.25, 0.3) is 0 Å². The van der Waals surface area contributed by atoms with Gasteiger partial charge in [0.05, 0.1) is 11.8 Å². The lowest BCUT2D eigenvalue weighted by atomic mass is 10.1. The van der Waals surface area contributed by atoms with Gasteiger partial charge in [0.2, 0.25) is 5.91 Å². The third-order valence-corrected chi connectivity index (χ3v) is 5.03. The minimum Gasteiger partial charge on any atom is -0.349 e. The maximum Gasteiger partial charge on any atom is 0.230 e. The molecule has 1 heterocycles. The molecule has 0 radical (unpaired) electrons. The third kappa shape index (κ3) is 4.84. The fraction of sp³-hybridized carbons (Fsp3) is 0.562. The monoisotopic (exact) mass is 292 g/mol. The van der Waals surface area contributed by atoms with Crippen LogP contribution in [0, 0.1) is 6.92 Å². The number of carbonyl (C=O) groups is 1. The molecule has 4 heteroatoms. The second-order valence-electron chi connectivity index (χ2n) is 5.46. The first kappa shape index (κ1) is 15.4. The molecule has 0 bridgehead atoms. The van der Waals surface area contributed by atoms with Gasteiger partial charge >= 0.3 is 0 Å². The van der Waals surface area contributed by atoms with Crippen LogP contribution >= 0.6 is 11.8 Å². The zero-order valence-corrected chi connectivity index (χ0v) is 13.1. The number of rotatable bonds is 5. The van der Waals surface area contributed by atoms with Gasteiger partial charge in [0.25, 0.3) is 0 Å². The van der Waals surface area contributed by atoms with Gasteiger partial charge in [-0.15, -0.1) is 11.8 Å². The molecule has 0 unspecified atom stereocenters. The zero-order chi connectivity index (χ0) is 14.4. The van der Waals surface area contributed by atoms with Crippen molar-refractivity contribution in [3.8, 4) is 0 Å². The van der Waals surface area contributed by atoms with Crippen molar-refractivity contribution in [1.82, 2.24) is 10.6 Å². The summed E-state index contributed by atoms with van der Waals surface area (Å²) in [6.45, 7) is 6.28. The van der Waals surface area contributed by atoms with E-state index in [2.05, 4.69) is 35.8 Å². The maximum atomic E-state index is 12.0. The van der Waals surface area contributed by atoms with Crippen LogP contribution in [0.1, 0.15) is 36.9 Å². The van der Waals surface area contributed by atoms with Gasteiger partial charge < -0.3 is 10.6 Å². The van der Waals surface area contributed by atoms with Crippen LogP contribution in [0.5, 0.6) is 0 Å². The molecule has 0 aliphatic carbocycles. The van der Waals surface area contributed by atoms with Crippen LogP contribution in [-0.4, -0.2) is 30.0 Å². The molecule has 0 aromatic heterocycles. The van der Waals surface area contributed by atoms with E-state index < -0.39 is 0 Å². The SMILES string of the molecule is Cc1cccc([C@@H](C)NC(=O)CSC2CCNCC2)c1. The lowest BCUT2D eigenvalue weighted by Crippen LogP contribution is -2.32. The van der Waals surface area contributed by atoms with Crippen molar-refractivity contribution in [2.75, 3.05) is 18.8 Å². The molecule has 2 rings (SSSR count). The minimum absolute atomic E-state index is 0.0797. The lowest BCUT2D eigenvalue weighted by molar-refractivity contribution is -0.119. The molecular formula is C16H24N2OS. The van der Waals surface area contributed by atoms with E-state index in [4.69, 9.17) is 0 Å². The molecule has 0 saturated carbocycles. The van der Waals surface area contributed by atoms with Crippen molar-refractivity contribution in [3.63, 3.8) is 0 Å². The summed E-state index contributed by atoms with van der Waals surface area (Å²) < 4.78 is 0. The van der Waals surface area contributed by atoms with Gasteiger partial charge in [-0.05, 0) is 45.3 Å². The van der Waals surface area contributed by atoms with Gasteiger partial charge in [-0.25, -0.2) is 0 Å². The average Bonchev–Trinajstić information content (AvgIpc) is 2.46. The fourth-order valence-corrected chi connectivity index (χ4v) is 3.50. The third-order valence-electron chi connectivity index (χ3n) is 3.66. The van der Waals surface area contributed by atoms with Gasteiger partial charge in [-0.3, -0.25) is 4.79 Å². The predicted octanol–water partition coefficient (Wildman–Crippen LogP) is 2.66. The van der Waals surface area contributed by atoms with Gasteiger partial charge in [-0.2, -0.15) is 0 Å². The van der Waals surface area contributed by atoms with Crippen molar-refractivity contribution in [2.45, 2.75) is 38.0 Å². The summed E-state index contributed by atoms with van der Waals surface area (Å²) in [4.78, 5) is 12.0. The molecule has 1 saturated heterocycles. The summed E-state index contributed by atoms with van der Waals surface area (Å²) >= 11 is 1.79. The number of hydrogen-bond acceptors (Lipinski definition) is 3. The first-order valence-electron chi connectivity index (χ1n) is 7.33. The number of benzene rings is 1. The summed E-state index contributed by atoms with van der Waals surface area (Å²) in [7, 11) is 0. The Labute approximate surface area is 125 Å². The molecule has 1 fully saturated rings. The van der Waals surface area contributed by atoms with Crippen LogP contribution in [0.2, 0.25) is 0 Å². The van der Waals surface area contributed by atoms with Crippen LogP contribution in [0.15, 0.2) is 24.3 Å². The van der Waals surface area contributed by atoms with E-state index in [9.17, 15) is 4.79 Å². The van der Waals surface area contributed by atoms with E-state index in [-0.39, 0.29) is 11.9 Å². The lowest BCUT2D eigenvalue weighted by Gasteiger charge is -2.22. The molecular weight excluding hydrogens is 268 g/mol. The van der Waals surface area contributed by atoms with Gasteiger partial charge in [-0.1, -0.05) is 29.8 Å². The number of nitrogens with one attached hydrogen (secondary N) is 2. The Bertz CT molecular complexity index is 444. The molecule has 1 aliphatic rings. The summed E-state index contributed by atoms with van der Waals surface area (Å²) in [5.41, 5.74) is 2.40. The molecule has 1 atom stereocenters. The first-order chi connectivity index (χ1) is 9.65. The van der Waals surface area contributed by atoms with Crippen molar-refractivity contribution >= 4 is 17.7 Å². The standard InChI is InChI=1S/C16H24N2OS/c1-12-4-3-5-14(10-12)13(2)18-16(19)11-20-15-6-8-17-9-7-15/h3-5,10,13,15,17H,6-9,11H2,1-2H3,(H,18,19)/t13-/m1/s1. The van der Waals surface area contributed by atoms with E-state index in [1.54, 1.807) is 11.8 Å². The van der Waals surface area contributed by atoms with E-state index in [1.807, 2.05) is 13.0 Å². The number of thioether (sulfide) groups is 1. The number of carbonyl (C=O) groups excluding carboxylic acids is 1. The van der Waals surface area contributed by atoms with E-state index >= 15 is 0 Å². The van der Waals surface area contributed by atoms with Crippen LogP contribution in [0.3, 0.4) is 0 Å². The van der Waals surface area contributed by atoms with Crippen molar-refractivity contribution in [2.24, 2.45) is 0 Å². The van der Waals surface area contributed by atoms with Gasteiger partial charge in [0, 0.05) is 5.25 Å². The molecule has 20 heavy (non-hydrogen) atoms. The average molecular weight is 292 g/mol. The minimum atomic E-state index is 0.0797. The normalized spacial score (nSPS) is 17.7. The van der Waals surface area contributed by atoms with Gasteiger partial charge in [0.15, 0.2) is 0 Å². The summed E-state index contributed by atoms with van der Waals surface area (Å²) in [6, 6.07) is 8.39. The largest absolute Gasteiger partial charge is 0.349 e. The Morgan fingerprint density at radius 3 is 2.90 bits per heavy atom. The highest BCUT2D eigenvalue weighted by Gasteiger charge is 2.16. The highest BCUT2D eigenvalue weighted by molar-refractivity contribution is 8.00. The van der Waals surface area contributed by atoms with Gasteiger partial charge in [0.1, 0.15) is 0 Å². The van der Waals surface area contributed by atoms with Crippen LogP contribution in [0.4, 0.5) is 0 Å². The molecule has 110 valence electrons. The number of piperidine rings is 1.